The van der Waals surface area contributed by atoms with Crippen molar-refractivity contribution in [3.05, 3.63) is 52.2 Å². The second-order valence-corrected chi connectivity index (χ2v) is 9.73. The van der Waals surface area contributed by atoms with Crippen LogP contribution in [0.4, 0.5) is 0 Å². The molecule has 1 amide bonds. The topological polar surface area (TPSA) is 60.9 Å². The average molecular weight is 422 g/mol. The number of rotatable bonds is 7. The molecule has 6 nitrogen and oxygen atoms in total. The van der Waals surface area contributed by atoms with E-state index >= 15 is 0 Å². The Kier molecular flexibility index (Phi) is 6.87. The van der Waals surface area contributed by atoms with Gasteiger partial charge in [0, 0.05) is 56.3 Å². The molecule has 0 aliphatic carbocycles. The van der Waals surface area contributed by atoms with Gasteiger partial charge in [0.05, 0.1) is 4.90 Å². The molecule has 152 valence electrons. The first-order valence-corrected chi connectivity index (χ1v) is 11.9. The molecule has 0 atom stereocenters. The van der Waals surface area contributed by atoms with Crippen LogP contribution < -0.4 is 0 Å². The van der Waals surface area contributed by atoms with E-state index in [9.17, 15) is 13.2 Å². The second kappa shape index (κ2) is 9.17. The Hall–Kier alpha value is -1.74. The molecular formula is C20H27N3O3S2. The summed E-state index contributed by atoms with van der Waals surface area (Å²) in [5.41, 5.74) is 0.533. The lowest BCUT2D eigenvalue weighted by Gasteiger charge is -2.34. The molecule has 0 spiro atoms. The van der Waals surface area contributed by atoms with Crippen molar-refractivity contribution in [2.24, 2.45) is 0 Å². The van der Waals surface area contributed by atoms with Crippen LogP contribution in [-0.2, 0) is 16.6 Å². The Morgan fingerprint density at radius 1 is 1.04 bits per heavy atom. The molecule has 28 heavy (non-hydrogen) atoms. The number of carbonyl (C=O) groups is 1. The van der Waals surface area contributed by atoms with Gasteiger partial charge in [-0.2, -0.15) is 4.31 Å². The molecule has 1 saturated heterocycles. The van der Waals surface area contributed by atoms with Crippen LogP contribution in [0, 0.1) is 0 Å². The number of nitrogens with zero attached hydrogens (tertiary/aromatic N) is 3. The van der Waals surface area contributed by atoms with Crippen LogP contribution >= 0.6 is 11.3 Å². The number of hydrogen-bond donors (Lipinski definition) is 0. The third kappa shape index (κ3) is 4.63. The highest BCUT2D eigenvalue weighted by Gasteiger charge is 2.24. The molecule has 0 bridgehead atoms. The van der Waals surface area contributed by atoms with E-state index in [-0.39, 0.29) is 10.8 Å². The molecule has 2 heterocycles. The lowest BCUT2D eigenvalue weighted by Crippen LogP contribution is -2.48. The van der Waals surface area contributed by atoms with Crippen molar-refractivity contribution in [2.45, 2.75) is 25.3 Å². The van der Waals surface area contributed by atoms with Gasteiger partial charge in [-0.25, -0.2) is 8.42 Å². The Morgan fingerprint density at radius 2 is 1.68 bits per heavy atom. The van der Waals surface area contributed by atoms with E-state index < -0.39 is 10.0 Å². The Balaban J connectivity index is 1.61. The van der Waals surface area contributed by atoms with Gasteiger partial charge in [0.15, 0.2) is 0 Å². The van der Waals surface area contributed by atoms with Crippen LogP contribution in [0.5, 0.6) is 0 Å². The monoisotopic (exact) mass is 421 g/mol. The number of sulfonamides is 1. The van der Waals surface area contributed by atoms with Gasteiger partial charge in [-0.3, -0.25) is 9.69 Å². The zero-order valence-corrected chi connectivity index (χ0v) is 18.0. The lowest BCUT2D eigenvalue weighted by atomic mass is 10.2. The molecule has 1 fully saturated rings. The molecule has 2 aromatic rings. The third-order valence-electron chi connectivity index (χ3n) is 5.06. The molecule has 1 aliphatic heterocycles. The Bertz CT molecular complexity index is 868. The van der Waals surface area contributed by atoms with Crippen LogP contribution in [0.15, 0.2) is 46.7 Å². The summed E-state index contributed by atoms with van der Waals surface area (Å²) >= 11 is 1.75. The van der Waals surface area contributed by atoms with Gasteiger partial charge in [0.25, 0.3) is 5.91 Å². The second-order valence-electron chi connectivity index (χ2n) is 6.76. The Morgan fingerprint density at radius 3 is 2.21 bits per heavy atom. The highest BCUT2D eigenvalue weighted by molar-refractivity contribution is 7.89. The zero-order valence-electron chi connectivity index (χ0n) is 16.4. The first-order valence-electron chi connectivity index (χ1n) is 9.60. The van der Waals surface area contributed by atoms with Gasteiger partial charge in [-0.1, -0.05) is 19.9 Å². The minimum atomic E-state index is -3.50. The van der Waals surface area contributed by atoms with Crippen LogP contribution in [0.2, 0.25) is 0 Å². The predicted octanol–water partition coefficient (Wildman–Crippen LogP) is 2.74. The summed E-state index contributed by atoms with van der Waals surface area (Å²) in [4.78, 5) is 18.6. The maximum absolute atomic E-state index is 12.8. The lowest BCUT2D eigenvalue weighted by molar-refractivity contribution is 0.0629. The zero-order chi connectivity index (χ0) is 20.1. The number of hydrogen-bond acceptors (Lipinski definition) is 5. The number of piperazine rings is 1. The standard InChI is InChI=1S/C20H27N3O3S2/c1-3-23(4-2)28(25,26)19-9-7-17(8-10-19)20(24)22-13-11-21(12-14-22)16-18-6-5-15-27-18/h5-10,15H,3-4,11-14,16H2,1-2H3. The van der Waals surface area contributed by atoms with Gasteiger partial charge in [0.2, 0.25) is 10.0 Å². The fourth-order valence-electron chi connectivity index (χ4n) is 3.40. The Labute approximate surface area is 171 Å². The van der Waals surface area contributed by atoms with E-state index in [1.807, 2.05) is 18.7 Å². The van der Waals surface area contributed by atoms with Crippen molar-refractivity contribution in [1.82, 2.24) is 14.1 Å². The van der Waals surface area contributed by atoms with Crippen LogP contribution in [0.3, 0.4) is 0 Å². The largest absolute Gasteiger partial charge is 0.336 e. The van der Waals surface area contributed by atoms with Crippen molar-refractivity contribution in [3.8, 4) is 0 Å². The SMILES string of the molecule is CCN(CC)S(=O)(=O)c1ccc(C(=O)N2CCN(Cc3cccs3)CC2)cc1. The van der Waals surface area contributed by atoms with Crippen molar-refractivity contribution in [1.29, 1.82) is 0 Å². The van der Waals surface area contributed by atoms with E-state index in [0.717, 1.165) is 19.6 Å². The summed E-state index contributed by atoms with van der Waals surface area (Å²) in [7, 11) is -3.50. The van der Waals surface area contributed by atoms with Gasteiger partial charge in [0.1, 0.15) is 0 Å². The molecule has 0 saturated carbocycles. The van der Waals surface area contributed by atoms with Crippen molar-refractivity contribution in [3.63, 3.8) is 0 Å². The minimum Gasteiger partial charge on any atom is -0.336 e. The van der Waals surface area contributed by atoms with Gasteiger partial charge < -0.3 is 4.90 Å². The highest BCUT2D eigenvalue weighted by atomic mass is 32.2. The molecule has 0 unspecified atom stereocenters. The fourth-order valence-corrected chi connectivity index (χ4v) is 5.60. The summed E-state index contributed by atoms with van der Waals surface area (Å²) in [5, 5.41) is 2.08. The summed E-state index contributed by atoms with van der Waals surface area (Å²) in [6, 6.07) is 10.5. The summed E-state index contributed by atoms with van der Waals surface area (Å²) < 4.78 is 26.6. The minimum absolute atomic E-state index is 0.0393. The number of amides is 1. The van der Waals surface area contributed by atoms with E-state index in [2.05, 4.69) is 22.4 Å². The fraction of sp³-hybridized carbons (Fsp3) is 0.450. The van der Waals surface area contributed by atoms with Crippen molar-refractivity contribution < 1.29 is 13.2 Å². The maximum atomic E-state index is 12.8. The number of carbonyl (C=O) groups excluding carboxylic acids is 1. The van der Waals surface area contributed by atoms with Crippen LogP contribution in [0.25, 0.3) is 0 Å². The maximum Gasteiger partial charge on any atom is 0.253 e. The van der Waals surface area contributed by atoms with Gasteiger partial charge >= 0.3 is 0 Å². The van der Waals surface area contributed by atoms with Crippen molar-refractivity contribution in [2.75, 3.05) is 39.3 Å². The highest BCUT2D eigenvalue weighted by Crippen LogP contribution is 2.18. The van der Waals surface area contributed by atoms with E-state index in [4.69, 9.17) is 0 Å². The summed E-state index contributed by atoms with van der Waals surface area (Å²) in [6.07, 6.45) is 0. The van der Waals surface area contributed by atoms with Gasteiger partial charge in [-0.15, -0.1) is 11.3 Å². The van der Waals surface area contributed by atoms with Crippen LogP contribution in [0.1, 0.15) is 29.1 Å². The van der Waals surface area contributed by atoms with Crippen LogP contribution in [-0.4, -0.2) is 67.7 Å². The molecular weight excluding hydrogens is 394 g/mol. The third-order valence-corrected chi connectivity index (χ3v) is 7.99. The molecule has 1 aliphatic rings. The molecule has 1 aromatic heterocycles. The van der Waals surface area contributed by atoms with E-state index in [1.54, 1.807) is 23.5 Å². The first-order chi connectivity index (χ1) is 13.5. The van der Waals surface area contributed by atoms with Gasteiger partial charge in [-0.05, 0) is 35.7 Å². The van der Waals surface area contributed by atoms with E-state index in [1.165, 1.54) is 21.3 Å². The first kappa shape index (κ1) is 21.0. The molecule has 3 rings (SSSR count). The molecule has 0 radical (unpaired) electrons. The summed E-state index contributed by atoms with van der Waals surface area (Å²) in [5.74, 6) is -0.0393. The molecule has 0 N–H and O–H groups in total. The summed E-state index contributed by atoms with van der Waals surface area (Å²) in [6.45, 7) is 8.47. The predicted molar refractivity (Wildman–Crippen MR) is 112 cm³/mol. The average Bonchev–Trinajstić information content (AvgIpc) is 3.22. The van der Waals surface area contributed by atoms with Crippen molar-refractivity contribution >= 4 is 27.3 Å². The normalized spacial score (nSPS) is 15.9. The van der Waals surface area contributed by atoms with E-state index in [0.29, 0.717) is 31.7 Å². The quantitative estimate of drug-likeness (QED) is 0.690. The smallest absolute Gasteiger partial charge is 0.253 e. The number of benzene rings is 1. The number of thiophene rings is 1. The molecule has 1 aromatic carbocycles. The molecule has 8 heteroatoms.